The van der Waals surface area contributed by atoms with Gasteiger partial charge in [0.1, 0.15) is 12.4 Å². The summed E-state index contributed by atoms with van der Waals surface area (Å²) in [6.45, 7) is 4.12. The van der Waals surface area contributed by atoms with Crippen LogP contribution in [0.4, 0.5) is 0 Å². The first-order valence-electron chi connectivity index (χ1n) is 9.28. The lowest BCUT2D eigenvalue weighted by Gasteiger charge is -2.30. The van der Waals surface area contributed by atoms with E-state index in [0.717, 1.165) is 44.0 Å². The van der Waals surface area contributed by atoms with Gasteiger partial charge >= 0.3 is 0 Å². The van der Waals surface area contributed by atoms with Gasteiger partial charge in [0, 0.05) is 39.4 Å². The highest BCUT2D eigenvalue weighted by atomic mass is 16.5. The lowest BCUT2D eigenvalue weighted by atomic mass is 9.88. The molecule has 136 valence electrons. The fourth-order valence-electron chi connectivity index (χ4n) is 4.05. The molecule has 26 heavy (non-hydrogen) atoms. The predicted molar refractivity (Wildman–Crippen MR) is 99.5 cm³/mol. The highest BCUT2D eigenvalue weighted by Crippen LogP contribution is 2.32. The summed E-state index contributed by atoms with van der Waals surface area (Å²) in [6, 6.07) is 14.1. The SMILES string of the molecule is CN1CC[C@@H]2CN(Cc3cccc(OCc4ccccn4)c3)C[C@@H]2C1=O. The van der Waals surface area contributed by atoms with E-state index in [9.17, 15) is 4.79 Å². The third kappa shape index (κ3) is 3.73. The molecule has 0 radical (unpaired) electrons. The summed E-state index contributed by atoms with van der Waals surface area (Å²) >= 11 is 0. The van der Waals surface area contributed by atoms with Gasteiger partial charge in [-0.1, -0.05) is 18.2 Å². The normalized spacial score (nSPS) is 23.1. The van der Waals surface area contributed by atoms with Crippen LogP contribution >= 0.6 is 0 Å². The number of aromatic nitrogens is 1. The van der Waals surface area contributed by atoms with E-state index in [1.54, 1.807) is 6.20 Å². The maximum absolute atomic E-state index is 12.4. The van der Waals surface area contributed by atoms with Crippen LogP contribution in [0.3, 0.4) is 0 Å². The van der Waals surface area contributed by atoms with Crippen LogP contribution in [-0.2, 0) is 17.9 Å². The van der Waals surface area contributed by atoms with E-state index in [2.05, 4.69) is 22.0 Å². The van der Waals surface area contributed by atoms with Crippen LogP contribution in [0.5, 0.6) is 5.75 Å². The van der Waals surface area contributed by atoms with Gasteiger partial charge in [0.2, 0.25) is 5.91 Å². The van der Waals surface area contributed by atoms with Crippen LogP contribution in [0.2, 0.25) is 0 Å². The molecule has 0 spiro atoms. The van der Waals surface area contributed by atoms with Gasteiger partial charge < -0.3 is 9.64 Å². The van der Waals surface area contributed by atoms with Gasteiger partial charge in [0.05, 0.1) is 11.6 Å². The Bertz CT molecular complexity index is 765. The van der Waals surface area contributed by atoms with Gasteiger partial charge in [-0.15, -0.1) is 0 Å². The van der Waals surface area contributed by atoms with E-state index in [0.29, 0.717) is 18.4 Å². The van der Waals surface area contributed by atoms with Crippen molar-refractivity contribution in [2.45, 2.75) is 19.6 Å². The van der Waals surface area contributed by atoms with Crippen LogP contribution in [0, 0.1) is 11.8 Å². The second-order valence-corrected chi connectivity index (χ2v) is 7.37. The number of hydrogen-bond donors (Lipinski definition) is 0. The number of benzene rings is 1. The third-order valence-electron chi connectivity index (χ3n) is 5.46. The van der Waals surface area contributed by atoms with E-state index in [1.807, 2.05) is 42.3 Å². The number of nitrogens with zero attached hydrogens (tertiary/aromatic N) is 3. The molecule has 5 nitrogen and oxygen atoms in total. The Labute approximate surface area is 154 Å². The lowest BCUT2D eigenvalue weighted by molar-refractivity contribution is -0.137. The van der Waals surface area contributed by atoms with Gasteiger partial charge in [-0.3, -0.25) is 14.7 Å². The van der Waals surface area contributed by atoms with Crippen molar-refractivity contribution in [3.05, 3.63) is 59.9 Å². The molecule has 2 atom stereocenters. The molecular formula is C21H25N3O2. The molecule has 1 amide bonds. The molecule has 0 unspecified atom stereocenters. The monoisotopic (exact) mass is 351 g/mol. The minimum Gasteiger partial charge on any atom is -0.487 e. The zero-order valence-corrected chi connectivity index (χ0v) is 15.2. The number of piperidine rings is 1. The van der Waals surface area contributed by atoms with Crippen LogP contribution < -0.4 is 4.74 Å². The molecule has 2 saturated heterocycles. The zero-order chi connectivity index (χ0) is 17.9. The molecule has 2 aromatic rings. The summed E-state index contributed by atoms with van der Waals surface area (Å²) in [4.78, 5) is 20.9. The fraction of sp³-hybridized carbons (Fsp3) is 0.429. The first-order valence-corrected chi connectivity index (χ1v) is 9.28. The number of fused-ring (bicyclic) bond motifs is 1. The van der Waals surface area contributed by atoms with Crippen LogP contribution in [0.1, 0.15) is 17.7 Å². The molecule has 1 aromatic heterocycles. The summed E-state index contributed by atoms with van der Waals surface area (Å²) in [6.07, 6.45) is 2.90. The lowest BCUT2D eigenvalue weighted by Crippen LogP contribution is -2.42. The van der Waals surface area contributed by atoms with Crippen molar-refractivity contribution in [1.82, 2.24) is 14.8 Å². The molecule has 0 N–H and O–H groups in total. The van der Waals surface area contributed by atoms with Crippen LogP contribution in [0.15, 0.2) is 48.7 Å². The number of rotatable bonds is 5. The molecule has 1 aromatic carbocycles. The van der Waals surface area contributed by atoms with Crippen molar-refractivity contribution >= 4 is 5.91 Å². The summed E-state index contributed by atoms with van der Waals surface area (Å²) in [7, 11) is 1.92. The van der Waals surface area contributed by atoms with E-state index < -0.39 is 0 Å². The van der Waals surface area contributed by atoms with E-state index in [1.165, 1.54) is 5.56 Å². The predicted octanol–water partition coefficient (Wildman–Crippen LogP) is 2.57. The summed E-state index contributed by atoms with van der Waals surface area (Å²) in [5, 5.41) is 0. The van der Waals surface area contributed by atoms with Crippen molar-refractivity contribution < 1.29 is 9.53 Å². The maximum Gasteiger partial charge on any atom is 0.227 e. The molecular weight excluding hydrogens is 326 g/mol. The largest absolute Gasteiger partial charge is 0.487 e. The van der Waals surface area contributed by atoms with Crippen molar-refractivity contribution in [3.63, 3.8) is 0 Å². The summed E-state index contributed by atoms with van der Waals surface area (Å²) < 4.78 is 5.88. The number of hydrogen-bond acceptors (Lipinski definition) is 4. The molecule has 0 aliphatic carbocycles. The molecule has 2 fully saturated rings. The van der Waals surface area contributed by atoms with E-state index >= 15 is 0 Å². The molecule has 2 aliphatic heterocycles. The Kier molecular flexibility index (Phi) is 4.89. The van der Waals surface area contributed by atoms with Gasteiger partial charge in [-0.2, -0.15) is 0 Å². The number of pyridine rings is 1. The molecule has 0 bridgehead atoms. The van der Waals surface area contributed by atoms with Crippen LogP contribution in [0.25, 0.3) is 0 Å². The average Bonchev–Trinajstić information content (AvgIpc) is 3.08. The van der Waals surface area contributed by atoms with Crippen molar-refractivity contribution in [2.24, 2.45) is 11.8 Å². The first kappa shape index (κ1) is 17.0. The first-order chi connectivity index (χ1) is 12.7. The quantitative estimate of drug-likeness (QED) is 0.831. The molecule has 5 heteroatoms. The minimum atomic E-state index is 0.178. The van der Waals surface area contributed by atoms with Crippen molar-refractivity contribution in [1.29, 1.82) is 0 Å². The highest BCUT2D eigenvalue weighted by molar-refractivity contribution is 5.80. The van der Waals surface area contributed by atoms with E-state index in [4.69, 9.17) is 4.74 Å². The topological polar surface area (TPSA) is 45.7 Å². The Morgan fingerprint density at radius 1 is 1.19 bits per heavy atom. The average molecular weight is 351 g/mol. The van der Waals surface area contributed by atoms with Gasteiger partial charge in [-0.25, -0.2) is 0 Å². The standard InChI is InChI=1S/C21H25N3O2/c1-23-10-8-17-13-24(14-20(17)21(23)25)12-16-5-4-7-19(11-16)26-15-18-6-2-3-9-22-18/h2-7,9,11,17,20H,8,10,12-15H2,1H3/t17-,20+/m1/s1. The third-order valence-corrected chi connectivity index (χ3v) is 5.46. The second-order valence-electron chi connectivity index (χ2n) is 7.37. The number of likely N-dealkylation sites (tertiary alicyclic amines) is 2. The Morgan fingerprint density at radius 3 is 2.96 bits per heavy atom. The Morgan fingerprint density at radius 2 is 2.12 bits per heavy atom. The summed E-state index contributed by atoms with van der Waals surface area (Å²) in [5.41, 5.74) is 2.15. The molecule has 3 heterocycles. The number of ether oxygens (including phenoxy) is 1. The Hall–Kier alpha value is -2.40. The minimum absolute atomic E-state index is 0.178. The van der Waals surface area contributed by atoms with Gasteiger partial charge in [0.25, 0.3) is 0 Å². The van der Waals surface area contributed by atoms with Crippen molar-refractivity contribution in [3.8, 4) is 5.75 Å². The van der Waals surface area contributed by atoms with E-state index in [-0.39, 0.29) is 5.92 Å². The zero-order valence-electron chi connectivity index (χ0n) is 15.2. The highest BCUT2D eigenvalue weighted by Gasteiger charge is 2.41. The van der Waals surface area contributed by atoms with Crippen molar-refractivity contribution in [2.75, 3.05) is 26.7 Å². The summed E-state index contributed by atoms with van der Waals surface area (Å²) in [5.74, 6) is 1.87. The number of carbonyl (C=O) groups is 1. The maximum atomic E-state index is 12.4. The molecule has 4 rings (SSSR count). The van der Waals surface area contributed by atoms with Crippen LogP contribution in [-0.4, -0.2) is 47.4 Å². The smallest absolute Gasteiger partial charge is 0.227 e. The Balaban J connectivity index is 1.36. The number of carbonyl (C=O) groups excluding carboxylic acids is 1. The number of amides is 1. The second kappa shape index (κ2) is 7.46. The van der Waals surface area contributed by atoms with Gasteiger partial charge in [-0.05, 0) is 42.2 Å². The fourth-order valence-corrected chi connectivity index (χ4v) is 4.05. The molecule has 0 saturated carbocycles. The van der Waals surface area contributed by atoms with Gasteiger partial charge in [0.15, 0.2) is 0 Å². The molecule has 2 aliphatic rings.